The van der Waals surface area contributed by atoms with E-state index in [4.69, 9.17) is 0 Å². The molecule has 1 aromatic heterocycles. The van der Waals surface area contributed by atoms with Crippen molar-refractivity contribution in [3.8, 4) is 6.07 Å². The van der Waals surface area contributed by atoms with Crippen molar-refractivity contribution in [2.24, 2.45) is 5.92 Å². The molecule has 20 heavy (non-hydrogen) atoms. The molecule has 3 rings (SSSR count). The molecule has 1 unspecified atom stereocenters. The Bertz CT molecular complexity index is 540. The van der Waals surface area contributed by atoms with Crippen LogP contribution in [0.1, 0.15) is 55.3 Å². The van der Waals surface area contributed by atoms with Gasteiger partial charge in [0.1, 0.15) is 11.6 Å². The number of anilines is 1. The molecule has 1 saturated carbocycles. The first-order valence-corrected chi connectivity index (χ1v) is 7.73. The van der Waals surface area contributed by atoms with Gasteiger partial charge in [0.05, 0.1) is 5.69 Å². The number of hydrogen-bond donors (Lipinski definition) is 0. The summed E-state index contributed by atoms with van der Waals surface area (Å²) < 4.78 is 0. The third kappa shape index (κ3) is 2.15. The summed E-state index contributed by atoms with van der Waals surface area (Å²) in [6, 6.07) is 2.92. The third-order valence-corrected chi connectivity index (χ3v) is 5.06. The topological polar surface area (TPSA) is 52.8 Å². The quantitative estimate of drug-likeness (QED) is 0.828. The van der Waals surface area contributed by atoms with Gasteiger partial charge >= 0.3 is 0 Å². The summed E-state index contributed by atoms with van der Waals surface area (Å²) in [6.45, 7) is 4.92. The lowest BCUT2D eigenvalue weighted by atomic mass is 9.95. The van der Waals surface area contributed by atoms with Crippen molar-refractivity contribution < 1.29 is 0 Å². The Hall–Kier alpha value is -1.63. The van der Waals surface area contributed by atoms with Gasteiger partial charge in [0.25, 0.3) is 0 Å². The van der Waals surface area contributed by atoms with Crippen molar-refractivity contribution in [2.45, 2.75) is 58.4 Å². The van der Waals surface area contributed by atoms with Crippen LogP contribution in [0.25, 0.3) is 0 Å². The summed E-state index contributed by atoms with van der Waals surface area (Å²) in [5.74, 6) is 1.61. The van der Waals surface area contributed by atoms with Gasteiger partial charge in [-0.25, -0.2) is 0 Å². The smallest absolute Gasteiger partial charge is 0.169 e. The summed E-state index contributed by atoms with van der Waals surface area (Å²) in [7, 11) is 0. The van der Waals surface area contributed by atoms with Gasteiger partial charge in [0.15, 0.2) is 5.82 Å². The van der Waals surface area contributed by atoms with E-state index < -0.39 is 0 Å². The predicted octanol–water partition coefficient (Wildman–Crippen LogP) is 3.12. The fourth-order valence-electron chi connectivity index (χ4n) is 3.82. The lowest BCUT2D eigenvalue weighted by molar-refractivity contribution is 0.428. The molecule has 0 bridgehead atoms. The molecule has 1 aliphatic carbocycles. The lowest BCUT2D eigenvalue weighted by Gasteiger charge is -2.30. The van der Waals surface area contributed by atoms with Gasteiger partial charge in [-0.1, -0.05) is 12.8 Å². The van der Waals surface area contributed by atoms with Crippen LogP contribution in [0.5, 0.6) is 0 Å². The van der Waals surface area contributed by atoms with Gasteiger partial charge in [-0.3, -0.25) is 0 Å². The van der Waals surface area contributed by atoms with E-state index in [-0.39, 0.29) is 0 Å². The van der Waals surface area contributed by atoms with Crippen LogP contribution in [-0.2, 0) is 0 Å². The highest BCUT2D eigenvalue weighted by atomic mass is 15.3. The standard InChI is InChI=1S/C16H22N4/c1-11-12(2)18-19-16(14(11)10-17)20-9-5-8-15(20)13-6-3-4-7-13/h13,15H,3-9H2,1-2H3. The molecule has 0 N–H and O–H groups in total. The SMILES string of the molecule is Cc1nnc(N2CCCC2C2CCCC2)c(C#N)c1C. The minimum Gasteiger partial charge on any atom is -0.351 e. The van der Waals surface area contributed by atoms with Crippen molar-refractivity contribution in [1.29, 1.82) is 5.26 Å². The molecule has 0 amide bonds. The summed E-state index contributed by atoms with van der Waals surface area (Å²) in [5, 5.41) is 18.1. The van der Waals surface area contributed by atoms with Crippen LogP contribution in [-0.4, -0.2) is 22.8 Å². The molecule has 0 aromatic carbocycles. The number of nitrogens with zero attached hydrogens (tertiary/aromatic N) is 4. The molecule has 106 valence electrons. The minimum absolute atomic E-state index is 0.570. The minimum atomic E-state index is 0.570. The van der Waals surface area contributed by atoms with Crippen LogP contribution in [0.4, 0.5) is 5.82 Å². The van der Waals surface area contributed by atoms with E-state index in [1.165, 1.54) is 38.5 Å². The number of aryl methyl sites for hydroxylation is 1. The highest BCUT2D eigenvalue weighted by Gasteiger charge is 2.35. The third-order valence-electron chi connectivity index (χ3n) is 5.06. The molecular formula is C16H22N4. The van der Waals surface area contributed by atoms with E-state index in [2.05, 4.69) is 21.2 Å². The highest BCUT2D eigenvalue weighted by Crippen LogP contribution is 2.38. The van der Waals surface area contributed by atoms with E-state index in [0.717, 1.165) is 35.1 Å². The second kappa shape index (κ2) is 5.40. The van der Waals surface area contributed by atoms with Crippen molar-refractivity contribution in [2.75, 3.05) is 11.4 Å². The van der Waals surface area contributed by atoms with E-state index in [9.17, 15) is 5.26 Å². The molecule has 2 heterocycles. The predicted molar refractivity (Wildman–Crippen MR) is 78.5 cm³/mol. The molecule has 1 aliphatic heterocycles. The van der Waals surface area contributed by atoms with Crippen LogP contribution in [0.2, 0.25) is 0 Å². The van der Waals surface area contributed by atoms with Crippen LogP contribution in [0.3, 0.4) is 0 Å². The zero-order valence-corrected chi connectivity index (χ0v) is 12.4. The van der Waals surface area contributed by atoms with Gasteiger partial charge < -0.3 is 4.90 Å². The molecule has 4 nitrogen and oxygen atoms in total. The zero-order chi connectivity index (χ0) is 14.1. The Kier molecular flexibility index (Phi) is 3.60. The summed E-state index contributed by atoms with van der Waals surface area (Å²) in [4.78, 5) is 2.37. The lowest BCUT2D eigenvalue weighted by Crippen LogP contribution is -2.36. The second-order valence-electron chi connectivity index (χ2n) is 6.17. The second-order valence-corrected chi connectivity index (χ2v) is 6.17. The summed E-state index contributed by atoms with van der Waals surface area (Å²) >= 11 is 0. The van der Waals surface area contributed by atoms with E-state index in [1.807, 2.05) is 13.8 Å². The molecule has 0 radical (unpaired) electrons. The van der Waals surface area contributed by atoms with Crippen molar-refractivity contribution in [1.82, 2.24) is 10.2 Å². The van der Waals surface area contributed by atoms with Crippen LogP contribution in [0, 0.1) is 31.1 Å². The first-order chi connectivity index (χ1) is 9.72. The first kappa shape index (κ1) is 13.4. The maximum Gasteiger partial charge on any atom is 0.169 e. The molecule has 0 spiro atoms. The Morgan fingerprint density at radius 1 is 1.10 bits per heavy atom. The van der Waals surface area contributed by atoms with Gasteiger partial charge in [0.2, 0.25) is 0 Å². The number of hydrogen-bond acceptors (Lipinski definition) is 4. The molecule has 2 aliphatic rings. The number of nitriles is 1. The maximum atomic E-state index is 9.49. The highest BCUT2D eigenvalue weighted by molar-refractivity contribution is 5.58. The maximum absolute atomic E-state index is 9.49. The van der Waals surface area contributed by atoms with Crippen molar-refractivity contribution >= 4 is 5.82 Å². The van der Waals surface area contributed by atoms with Crippen molar-refractivity contribution in [3.05, 3.63) is 16.8 Å². The number of aromatic nitrogens is 2. The van der Waals surface area contributed by atoms with Crippen LogP contribution < -0.4 is 4.90 Å². The average Bonchev–Trinajstić information content (AvgIpc) is 3.10. The Labute approximate surface area is 120 Å². The fraction of sp³-hybridized carbons (Fsp3) is 0.688. The molecule has 1 saturated heterocycles. The van der Waals surface area contributed by atoms with E-state index in [0.29, 0.717) is 6.04 Å². The summed E-state index contributed by atoms with van der Waals surface area (Å²) in [6.07, 6.45) is 7.84. The Morgan fingerprint density at radius 3 is 2.55 bits per heavy atom. The average molecular weight is 270 g/mol. The van der Waals surface area contributed by atoms with Gasteiger partial charge in [-0.05, 0) is 51.0 Å². The fourth-order valence-corrected chi connectivity index (χ4v) is 3.82. The van der Waals surface area contributed by atoms with Gasteiger partial charge in [-0.2, -0.15) is 10.4 Å². The Morgan fingerprint density at radius 2 is 1.85 bits per heavy atom. The monoisotopic (exact) mass is 270 g/mol. The largest absolute Gasteiger partial charge is 0.351 e. The van der Waals surface area contributed by atoms with Crippen LogP contribution >= 0.6 is 0 Å². The summed E-state index contributed by atoms with van der Waals surface area (Å²) in [5.41, 5.74) is 2.57. The normalized spacial score (nSPS) is 23.2. The number of rotatable bonds is 2. The zero-order valence-electron chi connectivity index (χ0n) is 12.4. The van der Waals surface area contributed by atoms with Gasteiger partial charge in [-0.15, -0.1) is 5.10 Å². The molecular weight excluding hydrogens is 248 g/mol. The molecule has 2 fully saturated rings. The first-order valence-electron chi connectivity index (χ1n) is 7.73. The molecule has 4 heteroatoms. The van der Waals surface area contributed by atoms with Crippen LogP contribution in [0.15, 0.2) is 0 Å². The van der Waals surface area contributed by atoms with Crippen molar-refractivity contribution in [3.63, 3.8) is 0 Å². The van der Waals surface area contributed by atoms with E-state index in [1.54, 1.807) is 0 Å². The molecule has 1 atom stereocenters. The molecule has 1 aromatic rings. The van der Waals surface area contributed by atoms with E-state index >= 15 is 0 Å². The Balaban J connectivity index is 1.95. The van der Waals surface area contributed by atoms with Gasteiger partial charge in [0, 0.05) is 12.6 Å².